The number of para-hydroxylation sites is 1. The third kappa shape index (κ3) is 2.75. The minimum absolute atomic E-state index is 0.149. The number of nitrogens with zero attached hydrogens (tertiary/aromatic N) is 1. The Morgan fingerprint density at radius 3 is 2.70 bits per heavy atom. The minimum atomic E-state index is -0.572. The first kappa shape index (κ1) is 15.4. The summed E-state index contributed by atoms with van der Waals surface area (Å²) >= 11 is 0. The van der Waals surface area contributed by atoms with E-state index in [0.717, 1.165) is 5.56 Å². The van der Waals surface area contributed by atoms with Crippen molar-refractivity contribution < 1.29 is 19.4 Å². The van der Waals surface area contributed by atoms with E-state index < -0.39 is 6.10 Å². The molecule has 1 aliphatic rings. The Bertz CT molecular complexity index is 729. The summed E-state index contributed by atoms with van der Waals surface area (Å²) in [6, 6.07) is 12.5. The van der Waals surface area contributed by atoms with Crippen molar-refractivity contribution in [1.82, 2.24) is 0 Å². The number of hydrogen-bond donors (Lipinski definition) is 1. The fourth-order valence-electron chi connectivity index (χ4n) is 2.87. The summed E-state index contributed by atoms with van der Waals surface area (Å²) in [5, 5.41) is 10.2. The average Bonchev–Trinajstić information content (AvgIpc) is 2.61. The molecule has 2 aromatic carbocycles. The fourth-order valence-corrected chi connectivity index (χ4v) is 2.87. The van der Waals surface area contributed by atoms with Gasteiger partial charge in [-0.15, -0.1) is 0 Å². The van der Waals surface area contributed by atoms with Gasteiger partial charge in [0.25, 0.3) is 5.91 Å². The number of hydrogen-bond acceptors (Lipinski definition) is 4. The largest absolute Gasteiger partial charge is 0.497 e. The molecule has 0 radical (unpaired) electrons. The molecule has 0 aromatic heterocycles. The SMILES string of the molecule is COc1ccc2c(c1)N(C(=O)c1ccccc1OC)CCC2O. The Labute approximate surface area is 135 Å². The molecule has 2 aromatic rings. The molecule has 0 fully saturated rings. The molecular weight excluding hydrogens is 294 g/mol. The number of anilines is 1. The number of carbonyl (C=O) groups is 1. The van der Waals surface area contributed by atoms with E-state index in [2.05, 4.69) is 0 Å². The van der Waals surface area contributed by atoms with E-state index in [9.17, 15) is 9.90 Å². The molecule has 0 saturated heterocycles. The molecule has 1 N–H and O–H groups in total. The first-order chi connectivity index (χ1) is 11.2. The smallest absolute Gasteiger partial charge is 0.262 e. The first-order valence-corrected chi connectivity index (χ1v) is 7.46. The van der Waals surface area contributed by atoms with Crippen LogP contribution in [0, 0.1) is 0 Å². The lowest BCUT2D eigenvalue weighted by molar-refractivity contribution is 0.0967. The van der Waals surface area contributed by atoms with Gasteiger partial charge in [-0.25, -0.2) is 0 Å². The van der Waals surface area contributed by atoms with Crippen LogP contribution < -0.4 is 14.4 Å². The molecule has 0 bridgehead atoms. The van der Waals surface area contributed by atoms with Crippen LogP contribution in [-0.4, -0.2) is 31.8 Å². The van der Waals surface area contributed by atoms with Gasteiger partial charge < -0.3 is 19.5 Å². The Balaban J connectivity index is 2.04. The van der Waals surface area contributed by atoms with Crippen LogP contribution in [0.4, 0.5) is 5.69 Å². The summed E-state index contributed by atoms with van der Waals surface area (Å²) in [6.07, 6.45) is -0.0714. The molecule has 0 spiro atoms. The van der Waals surface area contributed by atoms with Crippen molar-refractivity contribution in [3.8, 4) is 11.5 Å². The van der Waals surface area contributed by atoms with Gasteiger partial charge in [0, 0.05) is 18.2 Å². The maximum Gasteiger partial charge on any atom is 0.262 e. The van der Waals surface area contributed by atoms with E-state index in [-0.39, 0.29) is 5.91 Å². The lowest BCUT2D eigenvalue weighted by atomic mass is 9.97. The van der Waals surface area contributed by atoms with E-state index in [4.69, 9.17) is 9.47 Å². The highest BCUT2D eigenvalue weighted by Crippen LogP contribution is 2.37. The van der Waals surface area contributed by atoms with Crippen LogP contribution in [0.3, 0.4) is 0 Å². The van der Waals surface area contributed by atoms with Crippen molar-refractivity contribution in [3.63, 3.8) is 0 Å². The van der Waals surface area contributed by atoms with Crippen LogP contribution in [0.2, 0.25) is 0 Å². The van der Waals surface area contributed by atoms with Crippen molar-refractivity contribution in [2.45, 2.75) is 12.5 Å². The summed E-state index contributed by atoms with van der Waals surface area (Å²) < 4.78 is 10.5. The van der Waals surface area contributed by atoms with Gasteiger partial charge in [-0.1, -0.05) is 18.2 Å². The van der Waals surface area contributed by atoms with Gasteiger partial charge in [0.05, 0.1) is 31.6 Å². The van der Waals surface area contributed by atoms with Crippen molar-refractivity contribution >= 4 is 11.6 Å². The molecule has 0 saturated carbocycles. The molecule has 1 aliphatic heterocycles. The molecule has 5 heteroatoms. The maximum atomic E-state index is 13.0. The van der Waals surface area contributed by atoms with Gasteiger partial charge in [0.2, 0.25) is 0 Å². The quantitative estimate of drug-likeness (QED) is 0.946. The van der Waals surface area contributed by atoms with Crippen LogP contribution in [0.25, 0.3) is 0 Å². The average molecular weight is 313 g/mol. The Kier molecular flexibility index (Phi) is 4.21. The maximum absolute atomic E-state index is 13.0. The number of benzene rings is 2. The number of amides is 1. The summed E-state index contributed by atoms with van der Waals surface area (Å²) in [7, 11) is 3.12. The van der Waals surface area contributed by atoms with E-state index in [0.29, 0.717) is 35.7 Å². The van der Waals surface area contributed by atoms with E-state index in [1.165, 1.54) is 0 Å². The number of aliphatic hydroxyl groups is 1. The van der Waals surface area contributed by atoms with Gasteiger partial charge in [-0.3, -0.25) is 4.79 Å². The minimum Gasteiger partial charge on any atom is -0.497 e. The van der Waals surface area contributed by atoms with Gasteiger partial charge in [0.1, 0.15) is 11.5 Å². The van der Waals surface area contributed by atoms with Crippen molar-refractivity contribution in [1.29, 1.82) is 0 Å². The highest BCUT2D eigenvalue weighted by molar-refractivity contribution is 6.08. The monoisotopic (exact) mass is 313 g/mol. The molecule has 1 atom stereocenters. The zero-order chi connectivity index (χ0) is 16.4. The number of aliphatic hydroxyl groups excluding tert-OH is 1. The second-order valence-corrected chi connectivity index (χ2v) is 5.39. The van der Waals surface area contributed by atoms with Crippen molar-refractivity contribution in [2.24, 2.45) is 0 Å². The number of ether oxygens (including phenoxy) is 2. The van der Waals surface area contributed by atoms with Crippen LogP contribution in [0.5, 0.6) is 11.5 Å². The Hall–Kier alpha value is -2.53. The first-order valence-electron chi connectivity index (χ1n) is 7.46. The third-order valence-electron chi connectivity index (χ3n) is 4.10. The summed E-state index contributed by atoms with van der Waals surface area (Å²) in [5.41, 5.74) is 1.92. The molecule has 5 nitrogen and oxygen atoms in total. The summed E-state index contributed by atoms with van der Waals surface area (Å²) in [6.45, 7) is 0.443. The van der Waals surface area contributed by atoms with Gasteiger partial charge in [0.15, 0.2) is 0 Å². The zero-order valence-electron chi connectivity index (χ0n) is 13.2. The second kappa shape index (κ2) is 6.30. The molecule has 1 unspecified atom stereocenters. The number of methoxy groups -OCH3 is 2. The van der Waals surface area contributed by atoms with Crippen molar-refractivity contribution in [3.05, 3.63) is 53.6 Å². The molecular formula is C18H19NO4. The predicted octanol–water partition coefficient (Wildman–Crippen LogP) is 2.79. The van der Waals surface area contributed by atoms with E-state index >= 15 is 0 Å². The topological polar surface area (TPSA) is 59.0 Å². The van der Waals surface area contributed by atoms with E-state index in [1.54, 1.807) is 55.5 Å². The van der Waals surface area contributed by atoms with Crippen LogP contribution in [-0.2, 0) is 0 Å². The van der Waals surface area contributed by atoms with Crippen LogP contribution in [0.15, 0.2) is 42.5 Å². The second-order valence-electron chi connectivity index (χ2n) is 5.39. The number of fused-ring (bicyclic) bond motifs is 1. The normalized spacial score (nSPS) is 16.7. The van der Waals surface area contributed by atoms with Crippen molar-refractivity contribution in [2.75, 3.05) is 25.7 Å². The molecule has 23 heavy (non-hydrogen) atoms. The molecule has 1 heterocycles. The predicted molar refractivity (Wildman–Crippen MR) is 87.2 cm³/mol. The number of carbonyl (C=O) groups excluding carboxylic acids is 1. The summed E-state index contributed by atoms with van der Waals surface area (Å²) in [4.78, 5) is 14.6. The van der Waals surface area contributed by atoms with Crippen LogP contribution >= 0.6 is 0 Å². The third-order valence-corrected chi connectivity index (χ3v) is 4.10. The van der Waals surface area contributed by atoms with Gasteiger partial charge in [-0.2, -0.15) is 0 Å². The zero-order valence-corrected chi connectivity index (χ0v) is 13.2. The number of rotatable bonds is 3. The molecule has 3 rings (SSSR count). The van der Waals surface area contributed by atoms with Gasteiger partial charge in [-0.05, 0) is 24.6 Å². The molecule has 1 amide bonds. The molecule has 120 valence electrons. The van der Waals surface area contributed by atoms with Gasteiger partial charge >= 0.3 is 0 Å². The van der Waals surface area contributed by atoms with Crippen LogP contribution in [0.1, 0.15) is 28.4 Å². The Morgan fingerprint density at radius 2 is 1.96 bits per heavy atom. The van der Waals surface area contributed by atoms with E-state index in [1.807, 2.05) is 6.07 Å². The lowest BCUT2D eigenvalue weighted by Crippen LogP contribution is -2.37. The fraction of sp³-hybridized carbons (Fsp3) is 0.278. The Morgan fingerprint density at radius 1 is 1.17 bits per heavy atom. The summed E-state index contributed by atoms with van der Waals surface area (Å²) in [5.74, 6) is 1.03. The molecule has 0 aliphatic carbocycles. The lowest BCUT2D eigenvalue weighted by Gasteiger charge is -2.32. The highest BCUT2D eigenvalue weighted by Gasteiger charge is 2.29. The standard InChI is InChI=1S/C18H19NO4/c1-22-12-7-8-13-15(11-12)19(10-9-16(13)20)18(21)14-5-3-4-6-17(14)23-2/h3-8,11,16,20H,9-10H2,1-2H3. The highest BCUT2D eigenvalue weighted by atomic mass is 16.5.